The van der Waals surface area contributed by atoms with E-state index in [2.05, 4.69) is 5.32 Å². The Morgan fingerprint density at radius 1 is 0.960 bits per heavy atom. The molecule has 5 heteroatoms. The van der Waals surface area contributed by atoms with Crippen LogP contribution in [0.4, 0.5) is 0 Å². The molecule has 0 atom stereocenters. The summed E-state index contributed by atoms with van der Waals surface area (Å²) >= 11 is 0. The fourth-order valence-corrected chi connectivity index (χ4v) is 5.09. The van der Waals surface area contributed by atoms with E-state index in [0.29, 0.717) is 10.8 Å². The summed E-state index contributed by atoms with van der Waals surface area (Å²) in [5, 5.41) is 4.43. The van der Waals surface area contributed by atoms with Crippen molar-refractivity contribution in [3.63, 3.8) is 0 Å². The largest absolute Gasteiger partial charge is 0.317 e. The lowest BCUT2D eigenvalue weighted by Crippen LogP contribution is -2.28. The van der Waals surface area contributed by atoms with Gasteiger partial charge < -0.3 is 5.32 Å². The lowest BCUT2D eigenvalue weighted by molar-refractivity contribution is 0.373. The van der Waals surface area contributed by atoms with E-state index in [0.717, 1.165) is 48.8 Å². The van der Waals surface area contributed by atoms with Crippen molar-refractivity contribution in [2.24, 2.45) is 5.92 Å². The minimum absolute atomic E-state index is 0.323. The zero-order valence-electron chi connectivity index (χ0n) is 14.1. The molecule has 1 aromatic heterocycles. The third-order valence-corrected chi connectivity index (χ3v) is 6.72. The zero-order valence-corrected chi connectivity index (χ0v) is 14.9. The normalized spacial score (nSPS) is 16.3. The lowest BCUT2D eigenvalue weighted by atomic mass is 9.91. The van der Waals surface area contributed by atoms with Crippen LogP contribution < -0.4 is 5.32 Å². The maximum atomic E-state index is 13.1. The highest BCUT2D eigenvalue weighted by molar-refractivity contribution is 7.90. The molecule has 25 heavy (non-hydrogen) atoms. The molecule has 2 heterocycles. The summed E-state index contributed by atoms with van der Waals surface area (Å²) < 4.78 is 27.7. The summed E-state index contributed by atoms with van der Waals surface area (Å²) in [6.07, 6.45) is 5.05. The monoisotopic (exact) mass is 354 g/mol. The molecule has 0 spiro atoms. The number of aromatic nitrogens is 1. The third-order valence-electron chi connectivity index (χ3n) is 5.03. The van der Waals surface area contributed by atoms with Gasteiger partial charge >= 0.3 is 0 Å². The molecule has 0 saturated carbocycles. The van der Waals surface area contributed by atoms with Gasteiger partial charge in [-0.25, -0.2) is 12.4 Å². The van der Waals surface area contributed by atoms with E-state index in [-0.39, 0.29) is 0 Å². The minimum Gasteiger partial charge on any atom is -0.317 e. The van der Waals surface area contributed by atoms with E-state index >= 15 is 0 Å². The van der Waals surface area contributed by atoms with Crippen molar-refractivity contribution in [1.82, 2.24) is 9.29 Å². The molecule has 2 aromatic carbocycles. The molecular formula is C20H22N2O2S. The molecule has 1 aliphatic rings. The Labute approximate surface area is 148 Å². The first-order valence-electron chi connectivity index (χ1n) is 8.76. The molecule has 1 N–H and O–H groups in total. The molecule has 3 aromatic rings. The van der Waals surface area contributed by atoms with Gasteiger partial charge in [0.05, 0.1) is 10.4 Å². The molecule has 4 rings (SSSR count). The number of piperidine rings is 1. The van der Waals surface area contributed by atoms with Gasteiger partial charge in [-0.05, 0) is 62.0 Å². The van der Waals surface area contributed by atoms with Crippen LogP contribution in [0.5, 0.6) is 0 Å². The Balaban J connectivity index is 1.80. The standard InChI is InChI=1S/C20H22N2O2S/c23-25(24,18-6-2-1-3-7-18)22-15-17(14-16-10-12-21-13-11-16)19-8-4-5-9-20(19)22/h1-9,15-16,21H,10-14H2. The van der Waals surface area contributed by atoms with E-state index < -0.39 is 10.0 Å². The van der Waals surface area contributed by atoms with Crippen molar-refractivity contribution in [3.8, 4) is 0 Å². The molecule has 1 aliphatic heterocycles. The first-order chi connectivity index (χ1) is 12.2. The Bertz CT molecular complexity index is 971. The van der Waals surface area contributed by atoms with E-state index in [9.17, 15) is 8.42 Å². The smallest absolute Gasteiger partial charge is 0.268 e. The maximum Gasteiger partial charge on any atom is 0.268 e. The van der Waals surface area contributed by atoms with Crippen molar-refractivity contribution >= 4 is 20.9 Å². The van der Waals surface area contributed by atoms with Crippen molar-refractivity contribution in [1.29, 1.82) is 0 Å². The second-order valence-corrected chi connectivity index (χ2v) is 8.50. The predicted molar refractivity (Wildman–Crippen MR) is 100 cm³/mol. The summed E-state index contributed by atoms with van der Waals surface area (Å²) in [7, 11) is -3.58. The van der Waals surface area contributed by atoms with Crippen molar-refractivity contribution in [2.75, 3.05) is 13.1 Å². The highest BCUT2D eigenvalue weighted by Crippen LogP contribution is 2.29. The Morgan fingerprint density at radius 3 is 2.40 bits per heavy atom. The Hall–Kier alpha value is -2.11. The summed E-state index contributed by atoms with van der Waals surface area (Å²) in [5.41, 5.74) is 1.89. The fraction of sp³-hybridized carbons (Fsp3) is 0.300. The molecule has 0 unspecified atom stereocenters. The maximum absolute atomic E-state index is 13.1. The molecule has 0 bridgehead atoms. The quantitative estimate of drug-likeness (QED) is 0.781. The summed E-state index contributed by atoms with van der Waals surface area (Å²) in [4.78, 5) is 0.323. The number of hydrogen-bond donors (Lipinski definition) is 1. The topological polar surface area (TPSA) is 51.1 Å². The van der Waals surface area contributed by atoms with Crippen LogP contribution in [0.15, 0.2) is 65.7 Å². The van der Waals surface area contributed by atoms with Crippen LogP contribution in [0.1, 0.15) is 18.4 Å². The second kappa shape index (κ2) is 6.65. The number of para-hydroxylation sites is 1. The first kappa shape index (κ1) is 16.4. The van der Waals surface area contributed by atoms with Gasteiger partial charge in [-0.1, -0.05) is 36.4 Å². The average Bonchev–Trinajstić information content (AvgIpc) is 3.03. The van der Waals surface area contributed by atoms with Gasteiger partial charge in [0.1, 0.15) is 0 Å². The van der Waals surface area contributed by atoms with Crippen LogP contribution >= 0.6 is 0 Å². The van der Waals surface area contributed by atoms with Crippen LogP contribution in [0.3, 0.4) is 0 Å². The van der Waals surface area contributed by atoms with E-state index in [4.69, 9.17) is 0 Å². The van der Waals surface area contributed by atoms with Gasteiger partial charge in [-0.3, -0.25) is 0 Å². The Kier molecular flexibility index (Phi) is 4.36. The lowest BCUT2D eigenvalue weighted by Gasteiger charge is -2.22. The number of nitrogens with one attached hydrogen (secondary N) is 1. The molecule has 1 fully saturated rings. The second-order valence-electron chi connectivity index (χ2n) is 6.68. The number of rotatable bonds is 4. The van der Waals surface area contributed by atoms with Gasteiger partial charge in [-0.2, -0.15) is 0 Å². The number of fused-ring (bicyclic) bond motifs is 1. The molecular weight excluding hydrogens is 332 g/mol. The van der Waals surface area contributed by atoms with E-state index in [1.165, 1.54) is 3.97 Å². The SMILES string of the molecule is O=S(=O)(c1ccccc1)n1cc(CC2CCNCC2)c2ccccc21. The summed E-state index contributed by atoms with van der Waals surface area (Å²) in [6.45, 7) is 2.09. The fourth-order valence-electron chi connectivity index (χ4n) is 3.68. The van der Waals surface area contributed by atoms with Crippen LogP contribution in [0.25, 0.3) is 10.9 Å². The summed E-state index contributed by atoms with van der Waals surface area (Å²) in [6, 6.07) is 16.4. The van der Waals surface area contributed by atoms with Gasteiger partial charge in [-0.15, -0.1) is 0 Å². The number of hydrogen-bond acceptors (Lipinski definition) is 3. The summed E-state index contributed by atoms with van der Waals surface area (Å²) in [5.74, 6) is 0.611. The van der Waals surface area contributed by atoms with Crippen LogP contribution in [-0.2, 0) is 16.4 Å². The predicted octanol–water partition coefficient (Wildman–Crippen LogP) is 3.42. The van der Waals surface area contributed by atoms with Crippen LogP contribution in [-0.4, -0.2) is 25.5 Å². The van der Waals surface area contributed by atoms with E-state index in [1.807, 2.05) is 36.5 Å². The van der Waals surface area contributed by atoms with E-state index in [1.54, 1.807) is 24.3 Å². The molecule has 130 valence electrons. The highest BCUT2D eigenvalue weighted by Gasteiger charge is 2.22. The molecule has 4 nitrogen and oxygen atoms in total. The van der Waals surface area contributed by atoms with Crippen LogP contribution in [0, 0.1) is 5.92 Å². The van der Waals surface area contributed by atoms with Gasteiger partial charge in [0.2, 0.25) is 0 Å². The molecule has 0 amide bonds. The van der Waals surface area contributed by atoms with Crippen LogP contribution in [0.2, 0.25) is 0 Å². The molecule has 0 aliphatic carbocycles. The molecule has 1 saturated heterocycles. The highest BCUT2D eigenvalue weighted by atomic mass is 32.2. The first-order valence-corrected chi connectivity index (χ1v) is 10.2. The zero-order chi connectivity index (χ0) is 17.3. The minimum atomic E-state index is -3.58. The number of nitrogens with zero attached hydrogens (tertiary/aromatic N) is 1. The average molecular weight is 354 g/mol. The van der Waals surface area contributed by atoms with Crippen molar-refractivity contribution in [3.05, 3.63) is 66.4 Å². The van der Waals surface area contributed by atoms with Gasteiger partial charge in [0.25, 0.3) is 10.0 Å². The third kappa shape index (κ3) is 3.10. The van der Waals surface area contributed by atoms with Crippen molar-refractivity contribution in [2.45, 2.75) is 24.2 Å². The van der Waals surface area contributed by atoms with Crippen molar-refractivity contribution < 1.29 is 8.42 Å². The van der Waals surface area contributed by atoms with Gasteiger partial charge in [0.15, 0.2) is 0 Å². The van der Waals surface area contributed by atoms with Gasteiger partial charge in [0, 0.05) is 11.6 Å². The molecule has 0 radical (unpaired) electrons. The Morgan fingerprint density at radius 2 is 1.64 bits per heavy atom. The number of benzene rings is 2.